The van der Waals surface area contributed by atoms with Gasteiger partial charge in [0.15, 0.2) is 0 Å². The highest BCUT2D eigenvalue weighted by Crippen LogP contribution is 2.32. The molecule has 0 radical (unpaired) electrons. The van der Waals surface area contributed by atoms with Crippen molar-refractivity contribution in [3.8, 4) is 17.2 Å². The number of ether oxygens (including phenoxy) is 1. The van der Waals surface area contributed by atoms with Crippen LogP contribution in [0.4, 0.5) is 4.39 Å². The molecule has 1 unspecified atom stereocenters. The van der Waals surface area contributed by atoms with Crippen LogP contribution in [0.2, 0.25) is 5.02 Å². The molecule has 0 aliphatic heterocycles. The molecule has 2 rings (SSSR count). The number of hydrogen-bond donors (Lipinski definition) is 1. The fourth-order valence-electron chi connectivity index (χ4n) is 2.10. The highest BCUT2D eigenvalue weighted by molar-refractivity contribution is 6.32. The van der Waals surface area contributed by atoms with Gasteiger partial charge in [0.1, 0.15) is 18.0 Å². The first-order valence-electron chi connectivity index (χ1n) is 6.67. The molecule has 0 fully saturated rings. The molecule has 2 aromatic rings. The summed E-state index contributed by atoms with van der Waals surface area (Å²) < 4.78 is 19.2. The predicted octanol–water partition coefficient (Wildman–Crippen LogP) is 3.90. The summed E-state index contributed by atoms with van der Waals surface area (Å²) in [5, 5.41) is 19.3. The van der Waals surface area contributed by atoms with Crippen LogP contribution in [0.25, 0.3) is 11.1 Å². The topological polar surface area (TPSA) is 66.1 Å². The fraction of sp³-hybridized carbons (Fsp3) is 0.250. The lowest BCUT2D eigenvalue weighted by molar-refractivity contribution is 0.0404. The number of nitrogens with zero attached hydrogens (tertiary/aromatic N) is 2. The van der Waals surface area contributed by atoms with Gasteiger partial charge in [-0.3, -0.25) is 4.98 Å². The number of aliphatic hydroxyl groups is 1. The van der Waals surface area contributed by atoms with Crippen molar-refractivity contribution < 1.29 is 14.2 Å². The normalized spacial score (nSPS) is 11.4. The van der Waals surface area contributed by atoms with E-state index in [9.17, 15) is 9.50 Å². The fourth-order valence-corrected chi connectivity index (χ4v) is 2.32. The number of hydrogen-bond acceptors (Lipinski definition) is 4. The van der Waals surface area contributed by atoms with Gasteiger partial charge < -0.3 is 9.84 Å². The van der Waals surface area contributed by atoms with Crippen LogP contribution < -0.4 is 0 Å². The maximum atomic E-state index is 14.1. The molecule has 0 bridgehead atoms. The minimum absolute atomic E-state index is 0. The Labute approximate surface area is 144 Å². The van der Waals surface area contributed by atoms with Gasteiger partial charge in [-0.1, -0.05) is 17.7 Å². The maximum absolute atomic E-state index is 14.1. The van der Waals surface area contributed by atoms with Crippen molar-refractivity contribution in [3.63, 3.8) is 0 Å². The Morgan fingerprint density at radius 1 is 1.43 bits per heavy atom. The molecule has 4 nitrogen and oxygen atoms in total. The van der Waals surface area contributed by atoms with Gasteiger partial charge in [0.2, 0.25) is 0 Å². The Hall–Kier alpha value is -1.71. The zero-order valence-corrected chi connectivity index (χ0v) is 13.9. The smallest absolute Gasteiger partial charge is 0.147 e. The molecule has 1 aromatic heterocycles. The second kappa shape index (κ2) is 8.80. The van der Waals surface area contributed by atoms with Crippen LogP contribution in [0.1, 0.15) is 24.2 Å². The minimum Gasteiger partial charge on any atom is -0.386 e. The van der Waals surface area contributed by atoms with Gasteiger partial charge in [-0.05, 0) is 24.6 Å². The summed E-state index contributed by atoms with van der Waals surface area (Å²) >= 11 is 6.01. The summed E-state index contributed by atoms with van der Waals surface area (Å²) in [6, 6.07) is 6.69. The van der Waals surface area contributed by atoms with E-state index in [1.807, 2.05) is 6.07 Å². The highest BCUT2D eigenvalue weighted by atomic mass is 35.5. The molecule has 0 spiro atoms. The molecule has 1 aromatic carbocycles. The number of pyridine rings is 1. The molecule has 1 N–H and O–H groups in total. The Balaban J connectivity index is 0.00000264. The zero-order chi connectivity index (χ0) is 16.1. The van der Waals surface area contributed by atoms with Gasteiger partial charge in [-0.2, -0.15) is 5.26 Å². The van der Waals surface area contributed by atoms with Crippen molar-refractivity contribution in [2.24, 2.45) is 0 Å². The van der Waals surface area contributed by atoms with E-state index >= 15 is 0 Å². The molecular formula is C16H15Cl2FN2O2. The van der Waals surface area contributed by atoms with E-state index in [1.165, 1.54) is 6.20 Å². The molecule has 0 aliphatic carbocycles. The predicted molar refractivity (Wildman–Crippen MR) is 88.1 cm³/mol. The average molecular weight is 357 g/mol. The van der Waals surface area contributed by atoms with Crippen molar-refractivity contribution in [2.45, 2.75) is 13.0 Å². The quantitative estimate of drug-likeness (QED) is 0.881. The number of nitriles is 1. The van der Waals surface area contributed by atoms with E-state index in [4.69, 9.17) is 21.6 Å². The molecule has 122 valence electrons. The lowest BCUT2D eigenvalue weighted by Crippen LogP contribution is -2.11. The summed E-state index contributed by atoms with van der Waals surface area (Å²) in [5.41, 5.74) is 1.41. The maximum Gasteiger partial charge on any atom is 0.147 e. The molecule has 1 atom stereocenters. The van der Waals surface area contributed by atoms with E-state index in [0.29, 0.717) is 23.3 Å². The van der Waals surface area contributed by atoms with Crippen LogP contribution in [-0.4, -0.2) is 23.3 Å². The van der Waals surface area contributed by atoms with E-state index in [0.717, 1.165) is 6.20 Å². The number of halogens is 3. The summed E-state index contributed by atoms with van der Waals surface area (Å²) in [6.07, 6.45) is 1.37. The summed E-state index contributed by atoms with van der Waals surface area (Å²) in [6.45, 7) is 2.19. The lowest BCUT2D eigenvalue weighted by atomic mass is 9.97. The molecular weight excluding hydrogens is 342 g/mol. The average Bonchev–Trinajstić information content (AvgIpc) is 2.52. The highest BCUT2D eigenvalue weighted by Gasteiger charge is 2.19. The standard InChI is InChI=1S/C16H14ClFN2O2.ClH/c1-2-22-9-15(21)16-12(7-20-8-14(16)18)10-3-4-11(6-19)13(17)5-10;/h3-5,7-8,15,21H,2,9H2,1H3;1H. The summed E-state index contributed by atoms with van der Waals surface area (Å²) in [5.74, 6) is -0.620. The number of rotatable bonds is 5. The van der Waals surface area contributed by atoms with E-state index < -0.39 is 11.9 Å². The Kier molecular flexibility index (Phi) is 7.40. The van der Waals surface area contributed by atoms with Gasteiger partial charge in [0.25, 0.3) is 0 Å². The van der Waals surface area contributed by atoms with Crippen LogP contribution in [0.3, 0.4) is 0 Å². The number of aromatic nitrogens is 1. The van der Waals surface area contributed by atoms with E-state index in [-0.39, 0.29) is 29.6 Å². The number of benzene rings is 1. The number of aliphatic hydroxyl groups excluding tert-OH is 1. The second-order valence-corrected chi connectivity index (χ2v) is 4.97. The third kappa shape index (κ3) is 4.40. The molecule has 0 saturated carbocycles. The molecule has 23 heavy (non-hydrogen) atoms. The Morgan fingerprint density at radius 3 is 2.78 bits per heavy atom. The molecule has 0 amide bonds. The van der Waals surface area contributed by atoms with Crippen LogP contribution in [0.5, 0.6) is 0 Å². The first kappa shape index (κ1) is 19.3. The van der Waals surface area contributed by atoms with Crippen molar-refractivity contribution in [1.82, 2.24) is 4.98 Å². The van der Waals surface area contributed by atoms with Gasteiger partial charge >= 0.3 is 0 Å². The first-order chi connectivity index (χ1) is 10.6. The Bertz CT molecular complexity index is 720. The first-order valence-corrected chi connectivity index (χ1v) is 7.05. The van der Waals surface area contributed by atoms with Gasteiger partial charge in [-0.15, -0.1) is 12.4 Å². The lowest BCUT2D eigenvalue weighted by Gasteiger charge is -2.16. The van der Waals surface area contributed by atoms with Crippen LogP contribution in [-0.2, 0) is 4.74 Å². The summed E-state index contributed by atoms with van der Waals surface area (Å²) in [4.78, 5) is 3.82. The Morgan fingerprint density at radius 2 is 2.17 bits per heavy atom. The largest absolute Gasteiger partial charge is 0.386 e. The van der Waals surface area contributed by atoms with Crippen molar-refractivity contribution in [3.05, 3.63) is 52.6 Å². The second-order valence-electron chi connectivity index (χ2n) is 4.56. The third-order valence-corrected chi connectivity index (χ3v) is 3.47. The molecule has 0 saturated heterocycles. The van der Waals surface area contributed by atoms with Crippen LogP contribution in [0.15, 0.2) is 30.6 Å². The van der Waals surface area contributed by atoms with Crippen molar-refractivity contribution in [1.29, 1.82) is 5.26 Å². The molecule has 1 heterocycles. The van der Waals surface area contributed by atoms with Gasteiger partial charge in [-0.25, -0.2) is 4.39 Å². The SMILES string of the molecule is CCOCC(O)c1c(F)cncc1-c1ccc(C#N)c(Cl)c1.Cl. The van der Waals surface area contributed by atoms with Gasteiger partial charge in [0.05, 0.1) is 23.4 Å². The van der Waals surface area contributed by atoms with Gasteiger partial charge in [0, 0.05) is 23.9 Å². The van der Waals surface area contributed by atoms with Crippen molar-refractivity contribution in [2.75, 3.05) is 13.2 Å². The van der Waals surface area contributed by atoms with Crippen LogP contribution in [0, 0.1) is 17.1 Å². The third-order valence-electron chi connectivity index (χ3n) is 3.15. The van der Waals surface area contributed by atoms with Crippen molar-refractivity contribution >= 4 is 24.0 Å². The monoisotopic (exact) mass is 356 g/mol. The summed E-state index contributed by atoms with van der Waals surface area (Å²) in [7, 11) is 0. The zero-order valence-electron chi connectivity index (χ0n) is 12.3. The van der Waals surface area contributed by atoms with E-state index in [2.05, 4.69) is 4.98 Å². The van der Waals surface area contributed by atoms with Crippen LogP contribution >= 0.6 is 24.0 Å². The molecule has 7 heteroatoms. The minimum atomic E-state index is -1.12. The molecule has 0 aliphatic rings. The van der Waals surface area contributed by atoms with E-state index in [1.54, 1.807) is 25.1 Å².